The van der Waals surface area contributed by atoms with Crippen molar-refractivity contribution >= 4 is 12.4 Å². The van der Waals surface area contributed by atoms with Crippen molar-refractivity contribution in [3.63, 3.8) is 0 Å². The molecular formula is C14H23NO3. The Bertz CT molecular complexity index is 355. The van der Waals surface area contributed by atoms with E-state index in [2.05, 4.69) is 6.92 Å². The van der Waals surface area contributed by atoms with E-state index in [1.54, 1.807) is 4.90 Å². The summed E-state index contributed by atoms with van der Waals surface area (Å²) < 4.78 is 5.44. The summed E-state index contributed by atoms with van der Waals surface area (Å²) in [5.74, 6) is 0.528. The number of hydrogen-bond donors (Lipinski definition) is 0. The van der Waals surface area contributed by atoms with Crippen LogP contribution < -0.4 is 0 Å². The van der Waals surface area contributed by atoms with Crippen LogP contribution in [-0.4, -0.2) is 35.5 Å². The van der Waals surface area contributed by atoms with E-state index in [1.807, 2.05) is 20.8 Å². The first kappa shape index (κ1) is 13.4. The van der Waals surface area contributed by atoms with E-state index < -0.39 is 5.60 Å². The van der Waals surface area contributed by atoms with Gasteiger partial charge in [0.1, 0.15) is 11.9 Å². The number of carbonyl (C=O) groups is 2. The summed E-state index contributed by atoms with van der Waals surface area (Å²) in [6.45, 7) is 8.26. The Kier molecular flexibility index (Phi) is 3.16. The lowest BCUT2D eigenvalue weighted by Crippen LogP contribution is -2.42. The summed E-state index contributed by atoms with van der Waals surface area (Å²) in [7, 11) is 0. The average molecular weight is 253 g/mol. The van der Waals surface area contributed by atoms with Crippen molar-refractivity contribution in [1.82, 2.24) is 4.90 Å². The van der Waals surface area contributed by atoms with Gasteiger partial charge >= 0.3 is 6.09 Å². The fraction of sp³-hybridized carbons (Fsp3) is 0.857. The molecular weight excluding hydrogens is 230 g/mol. The molecule has 2 rings (SSSR count). The maximum atomic E-state index is 12.2. The van der Waals surface area contributed by atoms with Gasteiger partial charge in [-0.25, -0.2) is 4.79 Å². The third-order valence-corrected chi connectivity index (χ3v) is 3.72. The van der Waals surface area contributed by atoms with Crippen molar-refractivity contribution in [3.8, 4) is 0 Å². The molecule has 2 saturated carbocycles. The Morgan fingerprint density at radius 2 is 2.00 bits per heavy atom. The molecule has 2 aliphatic carbocycles. The molecule has 18 heavy (non-hydrogen) atoms. The highest BCUT2D eigenvalue weighted by molar-refractivity contribution is 5.71. The fourth-order valence-corrected chi connectivity index (χ4v) is 2.19. The van der Waals surface area contributed by atoms with Gasteiger partial charge < -0.3 is 14.4 Å². The summed E-state index contributed by atoms with van der Waals surface area (Å²) in [6, 6.07) is 0.261. The predicted octanol–water partition coefficient (Wildman–Crippen LogP) is 2.61. The smallest absolute Gasteiger partial charge is 0.410 e. The molecule has 0 heterocycles. The largest absolute Gasteiger partial charge is 0.444 e. The van der Waals surface area contributed by atoms with Crippen LogP contribution in [0.5, 0.6) is 0 Å². The van der Waals surface area contributed by atoms with E-state index >= 15 is 0 Å². The molecule has 0 N–H and O–H groups in total. The first-order valence-electron chi connectivity index (χ1n) is 6.72. The summed E-state index contributed by atoms with van der Waals surface area (Å²) in [6.07, 6.45) is 3.56. The van der Waals surface area contributed by atoms with Gasteiger partial charge in [0.15, 0.2) is 0 Å². The van der Waals surface area contributed by atoms with Gasteiger partial charge in [-0.1, -0.05) is 6.92 Å². The standard InChI is InChI=1S/C14H23NO3/c1-10-7-11(10)15(8-14(9-16)5-6-14)12(17)18-13(2,3)4/h9-11H,5-8H2,1-4H3/t10-,11-/m1/s1. The minimum absolute atomic E-state index is 0.261. The number of carbonyl (C=O) groups excluding carboxylic acids is 2. The van der Waals surface area contributed by atoms with Gasteiger partial charge in [0, 0.05) is 18.0 Å². The van der Waals surface area contributed by atoms with Crippen LogP contribution in [-0.2, 0) is 9.53 Å². The van der Waals surface area contributed by atoms with Gasteiger partial charge in [0.2, 0.25) is 0 Å². The molecule has 4 nitrogen and oxygen atoms in total. The maximum absolute atomic E-state index is 12.2. The molecule has 0 aliphatic heterocycles. The quantitative estimate of drug-likeness (QED) is 0.723. The first-order valence-corrected chi connectivity index (χ1v) is 6.72. The molecule has 1 amide bonds. The average Bonchev–Trinajstić information content (AvgIpc) is 3.11. The Balaban J connectivity index is 2.01. The van der Waals surface area contributed by atoms with Gasteiger partial charge in [-0.2, -0.15) is 0 Å². The van der Waals surface area contributed by atoms with Crippen molar-refractivity contribution in [1.29, 1.82) is 0 Å². The molecule has 0 spiro atoms. The van der Waals surface area contributed by atoms with Crippen LogP contribution in [0.4, 0.5) is 4.79 Å². The predicted molar refractivity (Wildman–Crippen MR) is 68.2 cm³/mol. The molecule has 0 radical (unpaired) electrons. The summed E-state index contributed by atoms with van der Waals surface area (Å²) in [5.41, 5.74) is -0.759. The monoisotopic (exact) mass is 253 g/mol. The summed E-state index contributed by atoms with van der Waals surface area (Å²) in [4.78, 5) is 25.0. The molecule has 0 saturated heterocycles. The van der Waals surface area contributed by atoms with Crippen LogP contribution in [0, 0.1) is 11.3 Å². The van der Waals surface area contributed by atoms with E-state index in [0.717, 1.165) is 25.5 Å². The van der Waals surface area contributed by atoms with Gasteiger partial charge in [-0.15, -0.1) is 0 Å². The second kappa shape index (κ2) is 4.25. The lowest BCUT2D eigenvalue weighted by atomic mass is 10.1. The van der Waals surface area contributed by atoms with Gasteiger partial charge in [-0.05, 0) is 46.0 Å². The van der Waals surface area contributed by atoms with Gasteiger partial charge in [0.25, 0.3) is 0 Å². The zero-order valence-electron chi connectivity index (χ0n) is 11.7. The number of rotatable bonds is 4. The van der Waals surface area contributed by atoms with Crippen molar-refractivity contribution in [3.05, 3.63) is 0 Å². The van der Waals surface area contributed by atoms with E-state index in [0.29, 0.717) is 12.5 Å². The minimum atomic E-state index is -0.481. The maximum Gasteiger partial charge on any atom is 0.410 e. The second-order valence-electron chi connectivity index (χ2n) is 6.87. The third-order valence-electron chi connectivity index (χ3n) is 3.72. The van der Waals surface area contributed by atoms with Crippen LogP contribution in [0.1, 0.15) is 47.0 Å². The zero-order valence-corrected chi connectivity index (χ0v) is 11.7. The molecule has 0 unspecified atom stereocenters. The third kappa shape index (κ3) is 3.03. The van der Waals surface area contributed by atoms with Crippen molar-refractivity contribution in [2.45, 2.75) is 58.6 Å². The molecule has 4 heteroatoms. The highest BCUT2D eigenvalue weighted by Gasteiger charge is 2.50. The molecule has 102 valence electrons. The molecule has 0 aromatic heterocycles. The summed E-state index contributed by atoms with van der Waals surface area (Å²) >= 11 is 0. The molecule has 2 aliphatic rings. The molecule has 0 aromatic carbocycles. The van der Waals surface area contributed by atoms with Crippen LogP contribution in [0.2, 0.25) is 0 Å². The second-order valence-corrected chi connectivity index (χ2v) is 6.87. The van der Waals surface area contributed by atoms with Crippen LogP contribution in [0.3, 0.4) is 0 Å². The number of ether oxygens (including phenoxy) is 1. The Morgan fingerprint density at radius 3 is 2.33 bits per heavy atom. The number of aldehydes is 1. The molecule has 2 fully saturated rings. The van der Waals surface area contributed by atoms with E-state index in [1.165, 1.54) is 0 Å². The summed E-state index contributed by atoms with van der Waals surface area (Å²) in [5, 5.41) is 0. The SMILES string of the molecule is C[C@@H]1C[C@H]1N(CC1(C=O)CC1)C(=O)OC(C)(C)C. The van der Waals surface area contributed by atoms with Crippen LogP contribution in [0.15, 0.2) is 0 Å². The Hall–Kier alpha value is -1.06. The van der Waals surface area contributed by atoms with Crippen molar-refractivity contribution in [2.75, 3.05) is 6.54 Å². The lowest BCUT2D eigenvalue weighted by Gasteiger charge is -2.29. The molecule has 0 aromatic rings. The number of amides is 1. The van der Waals surface area contributed by atoms with Crippen molar-refractivity contribution in [2.24, 2.45) is 11.3 Å². The van der Waals surface area contributed by atoms with Crippen molar-refractivity contribution < 1.29 is 14.3 Å². The van der Waals surface area contributed by atoms with Crippen LogP contribution in [0.25, 0.3) is 0 Å². The van der Waals surface area contributed by atoms with Crippen LogP contribution >= 0.6 is 0 Å². The lowest BCUT2D eigenvalue weighted by molar-refractivity contribution is -0.112. The Labute approximate surface area is 109 Å². The first-order chi connectivity index (χ1) is 8.26. The fourth-order valence-electron chi connectivity index (χ4n) is 2.19. The van der Waals surface area contributed by atoms with E-state index in [9.17, 15) is 9.59 Å². The highest BCUT2D eigenvalue weighted by Crippen LogP contribution is 2.47. The normalized spacial score (nSPS) is 28.4. The zero-order chi connectivity index (χ0) is 13.6. The number of hydrogen-bond acceptors (Lipinski definition) is 3. The molecule has 2 atom stereocenters. The van der Waals surface area contributed by atoms with Gasteiger partial charge in [-0.3, -0.25) is 0 Å². The van der Waals surface area contributed by atoms with E-state index in [4.69, 9.17) is 4.74 Å². The van der Waals surface area contributed by atoms with E-state index in [-0.39, 0.29) is 17.6 Å². The number of nitrogens with zero attached hydrogens (tertiary/aromatic N) is 1. The molecule has 0 bridgehead atoms. The van der Waals surface area contributed by atoms with Gasteiger partial charge in [0.05, 0.1) is 0 Å². The minimum Gasteiger partial charge on any atom is -0.444 e. The Morgan fingerprint density at radius 1 is 1.44 bits per heavy atom. The topological polar surface area (TPSA) is 46.6 Å². The highest BCUT2D eigenvalue weighted by atomic mass is 16.6.